The summed E-state index contributed by atoms with van der Waals surface area (Å²) in [6.07, 6.45) is 2.21. The Morgan fingerprint density at radius 3 is 2.56 bits per heavy atom. The van der Waals surface area contributed by atoms with Crippen molar-refractivity contribution in [3.05, 3.63) is 28.2 Å². The van der Waals surface area contributed by atoms with Gasteiger partial charge in [0.05, 0.1) is 0 Å². The number of aliphatic hydroxyl groups excluding tert-OH is 1. The molecule has 1 aromatic rings. The van der Waals surface area contributed by atoms with Crippen LogP contribution in [-0.4, -0.2) is 24.8 Å². The fourth-order valence-corrected chi connectivity index (χ4v) is 2.68. The number of hydrogen-bond acceptors (Lipinski definition) is 2. The van der Waals surface area contributed by atoms with Crippen LogP contribution in [-0.2, 0) is 0 Å². The zero-order valence-electron chi connectivity index (χ0n) is 9.00. The van der Waals surface area contributed by atoms with Crippen molar-refractivity contribution in [3.63, 3.8) is 0 Å². The third-order valence-corrected chi connectivity index (χ3v) is 3.43. The molecule has 2 rings (SSSR count). The topological polar surface area (TPSA) is 23.5 Å². The molecule has 1 heterocycles. The van der Waals surface area contributed by atoms with E-state index < -0.39 is 0 Å². The first-order valence-electron chi connectivity index (χ1n) is 5.51. The Morgan fingerprint density at radius 1 is 1.25 bits per heavy atom. The summed E-state index contributed by atoms with van der Waals surface area (Å²) in [7, 11) is 0. The van der Waals surface area contributed by atoms with Crippen LogP contribution in [0.3, 0.4) is 0 Å². The molecule has 1 N–H and O–H groups in total. The highest BCUT2D eigenvalue weighted by Crippen LogP contribution is 2.28. The Hall–Kier alpha value is -0.440. The van der Waals surface area contributed by atoms with E-state index in [0.29, 0.717) is 16.0 Å². The van der Waals surface area contributed by atoms with Crippen LogP contribution >= 0.6 is 23.2 Å². The SMILES string of the molecule is OCC1CCCN(c2cc(Cl)cc(Cl)c2)C1. The number of aliphatic hydroxyl groups is 1. The summed E-state index contributed by atoms with van der Waals surface area (Å²) < 4.78 is 0. The van der Waals surface area contributed by atoms with Crippen LogP contribution in [0.2, 0.25) is 10.0 Å². The molecule has 1 saturated heterocycles. The van der Waals surface area contributed by atoms with E-state index in [1.54, 1.807) is 6.07 Å². The highest BCUT2D eigenvalue weighted by molar-refractivity contribution is 6.35. The van der Waals surface area contributed by atoms with Gasteiger partial charge in [0, 0.05) is 35.4 Å². The molecule has 1 aromatic carbocycles. The molecular weight excluding hydrogens is 245 g/mol. The molecular formula is C12H15Cl2NO. The number of anilines is 1. The molecule has 88 valence electrons. The standard InChI is InChI=1S/C12H15Cl2NO/c13-10-4-11(14)6-12(5-10)15-3-1-2-9(7-15)8-16/h4-6,9,16H,1-3,7-8H2. The summed E-state index contributed by atoms with van der Waals surface area (Å²) in [6.45, 7) is 2.14. The molecule has 4 heteroatoms. The smallest absolute Gasteiger partial charge is 0.0476 e. The summed E-state index contributed by atoms with van der Waals surface area (Å²) >= 11 is 12.0. The quantitative estimate of drug-likeness (QED) is 0.882. The highest BCUT2D eigenvalue weighted by atomic mass is 35.5. The van der Waals surface area contributed by atoms with Gasteiger partial charge < -0.3 is 10.0 Å². The zero-order valence-corrected chi connectivity index (χ0v) is 10.5. The number of rotatable bonds is 2. The Kier molecular flexibility index (Phi) is 3.95. The van der Waals surface area contributed by atoms with Gasteiger partial charge in [0.2, 0.25) is 0 Å². The van der Waals surface area contributed by atoms with Crippen molar-refractivity contribution in [1.82, 2.24) is 0 Å². The number of benzene rings is 1. The molecule has 2 nitrogen and oxygen atoms in total. The molecule has 0 saturated carbocycles. The van der Waals surface area contributed by atoms with E-state index in [0.717, 1.165) is 31.6 Å². The molecule has 1 fully saturated rings. The Labute approximate surface area is 106 Å². The fraction of sp³-hybridized carbons (Fsp3) is 0.500. The number of hydrogen-bond donors (Lipinski definition) is 1. The van der Waals surface area contributed by atoms with Crippen LogP contribution < -0.4 is 4.90 Å². The van der Waals surface area contributed by atoms with Gasteiger partial charge in [-0.15, -0.1) is 0 Å². The summed E-state index contributed by atoms with van der Waals surface area (Å²) in [5, 5.41) is 10.5. The average Bonchev–Trinajstić information content (AvgIpc) is 2.28. The predicted molar refractivity (Wildman–Crippen MR) is 68.5 cm³/mol. The molecule has 0 aromatic heterocycles. The number of piperidine rings is 1. The van der Waals surface area contributed by atoms with Gasteiger partial charge in [-0.3, -0.25) is 0 Å². The lowest BCUT2D eigenvalue weighted by molar-refractivity contribution is 0.209. The van der Waals surface area contributed by atoms with Gasteiger partial charge in [0.15, 0.2) is 0 Å². The maximum Gasteiger partial charge on any atom is 0.0476 e. The third kappa shape index (κ3) is 2.82. The molecule has 1 aliphatic rings. The summed E-state index contributed by atoms with van der Waals surface area (Å²) in [6, 6.07) is 5.58. The Bertz CT molecular complexity index is 350. The van der Waals surface area contributed by atoms with Crippen molar-refractivity contribution in [2.75, 3.05) is 24.6 Å². The molecule has 1 unspecified atom stereocenters. The van der Waals surface area contributed by atoms with Crippen LogP contribution in [0.25, 0.3) is 0 Å². The Morgan fingerprint density at radius 2 is 1.94 bits per heavy atom. The molecule has 0 amide bonds. The minimum Gasteiger partial charge on any atom is -0.396 e. The fourth-order valence-electron chi connectivity index (χ4n) is 2.17. The summed E-state index contributed by atoms with van der Waals surface area (Å²) in [5.74, 6) is 0.367. The highest BCUT2D eigenvalue weighted by Gasteiger charge is 2.19. The monoisotopic (exact) mass is 259 g/mol. The maximum absolute atomic E-state index is 9.19. The minimum absolute atomic E-state index is 0.255. The van der Waals surface area contributed by atoms with Crippen molar-refractivity contribution in [1.29, 1.82) is 0 Å². The molecule has 1 aliphatic heterocycles. The van der Waals surface area contributed by atoms with Crippen molar-refractivity contribution in [2.45, 2.75) is 12.8 Å². The third-order valence-electron chi connectivity index (χ3n) is 2.99. The van der Waals surface area contributed by atoms with Gasteiger partial charge in [0.1, 0.15) is 0 Å². The first-order chi connectivity index (χ1) is 7.69. The van der Waals surface area contributed by atoms with Gasteiger partial charge in [-0.25, -0.2) is 0 Å². The lowest BCUT2D eigenvalue weighted by Gasteiger charge is -2.33. The van der Waals surface area contributed by atoms with E-state index in [9.17, 15) is 5.11 Å². The van der Waals surface area contributed by atoms with E-state index in [-0.39, 0.29) is 6.61 Å². The lowest BCUT2D eigenvalue weighted by Crippen LogP contribution is -2.36. The summed E-state index contributed by atoms with van der Waals surface area (Å²) in [5.41, 5.74) is 1.05. The average molecular weight is 260 g/mol. The molecule has 1 atom stereocenters. The van der Waals surface area contributed by atoms with Gasteiger partial charge in [0.25, 0.3) is 0 Å². The minimum atomic E-state index is 0.255. The van der Waals surface area contributed by atoms with Gasteiger partial charge >= 0.3 is 0 Å². The van der Waals surface area contributed by atoms with Gasteiger partial charge in [-0.05, 0) is 37.0 Å². The van der Waals surface area contributed by atoms with E-state index in [2.05, 4.69) is 4.90 Å². The van der Waals surface area contributed by atoms with E-state index in [1.807, 2.05) is 12.1 Å². The second kappa shape index (κ2) is 5.26. The van der Waals surface area contributed by atoms with Crippen LogP contribution in [0.1, 0.15) is 12.8 Å². The normalized spacial score (nSPS) is 21.2. The van der Waals surface area contributed by atoms with E-state index in [4.69, 9.17) is 23.2 Å². The van der Waals surface area contributed by atoms with Crippen molar-refractivity contribution in [3.8, 4) is 0 Å². The molecule has 16 heavy (non-hydrogen) atoms. The first-order valence-corrected chi connectivity index (χ1v) is 6.26. The second-order valence-electron chi connectivity index (χ2n) is 4.26. The van der Waals surface area contributed by atoms with Crippen molar-refractivity contribution < 1.29 is 5.11 Å². The molecule has 0 aliphatic carbocycles. The molecule has 0 radical (unpaired) electrons. The van der Waals surface area contributed by atoms with Crippen molar-refractivity contribution in [2.24, 2.45) is 5.92 Å². The van der Waals surface area contributed by atoms with E-state index in [1.165, 1.54) is 0 Å². The largest absolute Gasteiger partial charge is 0.396 e. The summed E-state index contributed by atoms with van der Waals surface area (Å²) in [4.78, 5) is 2.24. The molecule has 0 bridgehead atoms. The number of halogens is 2. The lowest BCUT2D eigenvalue weighted by atomic mass is 9.98. The molecule has 0 spiro atoms. The zero-order chi connectivity index (χ0) is 11.5. The second-order valence-corrected chi connectivity index (χ2v) is 5.14. The van der Waals surface area contributed by atoms with Crippen LogP contribution in [0, 0.1) is 5.92 Å². The predicted octanol–water partition coefficient (Wildman–Crippen LogP) is 3.20. The van der Waals surface area contributed by atoms with Crippen LogP contribution in [0.4, 0.5) is 5.69 Å². The first kappa shape index (κ1) is 12.0. The van der Waals surface area contributed by atoms with Crippen LogP contribution in [0.15, 0.2) is 18.2 Å². The van der Waals surface area contributed by atoms with Crippen LogP contribution in [0.5, 0.6) is 0 Å². The number of nitrogens with zero attached hydrogens (tertiary/aromatic N) is 1. The van der Waals surface area contributed by atoms with E-state index >= 15 is 0 Å². The maximum atomic E-state index is 9.19. The van der Waals surface area contributed by atoms with Crippen molar-refractivity contribution >= 4 is 28.9 Å². The van der Waals surface area contributed by atoms with Gasteiger partial charge in [-0.1, -0.05) is 23.2 Å². The Balaban J connectivity index is 2.16. The van der Waals surface area contributed by atoms with Gasteiger partial charge in [-0.2, -0.15) is 0 Å².